The Morgan fingerprint density at radius 1 is 1.38 bits per heavy atom. The van der Waals surface area contributed by atoms with Gasteiger partial charge in [0.05, 0.1) is 11.7 Å². The van der Waals surface area contributed by atoms with Gasteiger partial charge >= 0.3 is 0 Å². The maximum Gasteiger partial charge on any atom is 0.210 e. The lowest BCUT2D eigenvalue weighted by Gasteiger charge is -1.98. The van der Waals surface area contributed by atoms with Crippen LogP contribution in [0.5, 0.6) is 5.75 Å². The minimum absolute atomic E-state index is 0.187. The molecule has 4 heteroatoms. The lowest BCUT2D eigenvalue weighted by molar-refractivity contribution is 0.463. The van der Waals surface area contributed by atoms with Gasteiger partial charge in [0.1, 0.15) is 12.0 Å². The summed E-state index contributed by atoms with van der Waals surface area (Å²) in [5.41, 5.74) is 7.57. The molecule has 0 aliphatic heterocycles. The summed E-state index contributed by atoms with van der Waals surface area (Å²) in [6.07, 6.45) is 2.29. The van der Waals surface area contributed by atoms with Crippen molar-refractivity contribution in [2.45, 2.75) is 19.4 Å². The molecule has 0 radical (unpaired) electrons. The summed E-state index contributed by atoms with van der Waals surface area (Å²) < 4.78 is 5.24. The Morgan fingerprint density at radius 3 is 2.62 bits per heavy atom. The number of hydrogen-bond acceptors (Lipinski definition) is 4. The second kappa shape index (κ2) is 4.37. The van der Waals surface area contributed by atoms with Gasteiger partial charge in [-0.2, -0.15) is 0 Å². The molecule has 0 bridgehead atoms. The summed E-state index contributed by atoms with van der Waals surface area (Å²) in [5.74, 6) is 0.814. The molecule has 3 N–H and O–H groups in total. The van der Waals surface area contributed by atoms with Gasteiger partial charge in [0.25, 0.3) is 0 Å². The second-order valence-corrected chi connectivity index (χ2v) is 3.81. The molecule has 1 atom stereocenters. The van der Waals surface area contributed by atoms with Gasteiger partial charge in [0.2, 0.25) is 5.89 Å². The first-order chi connectivity index (χ1) is 7.65. The lowest BCUT2D eigenvalue weighted by Crippen LogP contribution is -2.05. The molecule has 1 aromatic carbocycles. The van der Waals surface area contributed by atoms with Crippen molar-refractivity contribution in [3.63, 3.8) is 0 Å². The smallest absolute Gasteiger partial charge is 0.210 e. The van der Waals surface area contributed by atoms with Crippen molar-refractivity contribution in [3.8, 4) is 5.75 Å². The molecule has 0 aliphatic carbocycles. The molecular weight excluding hydrogens is 204 g/mol. The lowest BCUT2D eigenvalue weighted by atomic mass is 10.1. The van der Waals surface area contributed by atoms with Crippen molar-refractivity contribution in [2.75, 3.05) is 0 Å². The minimum Gasteiger partial charge on any atom is -0.508 e. The van der Waals surface area contributed by atoms with E-state index in [4.69, 9.17) is 15.3 Å². The first-order valence-electron chi connectivity index (χ1n) is 5.13. The van der Waals surface area contributed by atoms with E-state index in [1.165, 1.54) is 0 Å². The van der Waals surface area contributed by atoms with E-state index in [2.05, 4.69) is 4.98 Å². The number of phenols is 1. The number of aromatic hydroxyl groups is 1. The van der Waals surface area contributed by atoms with Gasteiger partial charge in [-0.3, -0.25) is 0 Å². The average molecular weight is 218 g/mol. The minimum atomic E-state index is -0.187. The second-order valence-electron chi connectivity index (χ2n) is 3.81. The molecule has 4 nitrogen and oxygen atoms in total. The van der Waals surface area contributed by atoms with Crippen LogP contribution in [0.25, 0.3) is 0 Å². The number of nitrogens with two attached hydrogens (primary N) is 1. The Balaban J connectivity index is 2.11. The van der Waals surface area contributed by atoms with E-state index in [9.17, 15) is 0 Å². The van der Waals surface area contributed by atoms with Crippen LogP contribution in [-0.2, 0) is 6.42 Å². The number of nitrogens with zero attached hydrogens (tertiary/aromatic N) is 1. The number of benzene rings is 1. The Hall–Kier alpha value is -1.81. The Kier molecular flexibility index (Phi) is 2.92. The van der Waals surface area contributed by atoms with Crippen molar-refractivity contribution in [3.05, 3.63) is 47.7 Å². The third kappa shape index (κ3) is 2.41. The maximum atomic E-state index is 9.15. The number of phenolic OH excluding ortho intramolecular Hbond substituents is 1. The molecule has 0 spiro atoms. The van der Waals surface area contributed by atoms with Crippen molar-refractivity contribution in [1.29, 1.82) is 0 Å². The number of rotatable bonds is 3. The summed E-state index contributed by atoms with van der Waals surface area (Å²) >= 11 is 0. The third-order valence-corrected chi connectivity index (χ3v) is 2.28. The largest absolute Gasteiger partial charge is 0.508 e. The molecule has 0 saturated heterocycles. The summed E-state index contributed by atoms with van der Waals surface area (Å²) in [7, 11) is 0. The fraction of sp³-hybridized carbons (Fsp3) is 0.250. The zero-order chi connectivity index (χ0) is 11.5. The SMILES string of the molecule is CC(N)c1nc(Cc2ccc(O)cc2)co1. The zero-order valence-corrected chi connectivity index (χ0v) is 9.05. The first kappa shape index (κ1) is 10.7. The Bertz CT molecular complexity index is 460. The molecule has 2 rings (SSSR count). The predicted molar refractivity (Wildman–Crippen MR) is 60.0 cm³/mol. The number of aromatic nitrogens is 1. The van der Waals surface area contributed by atoms with E-state index in [0.29, 0.717) is 12.3 Å². The normalized spacial score (nSPS) is 12.6. The molecule has 84 valence electrons. The maximum absolute atomic E-state index is 9.15. The van der Waals surface area contributed by atoms with Crippen LogP contribution in [0.4, 0.5) is 0 Å². The molecule has 16 heavy (non-hydrogen) atoms. The summed E-state index contributed by atoms with van der Waals surface area (Å²) in [5, 5.41) is 9.15. The zero-order valence-electron chi connectivity index (χ0n) is 9.05. The predicted octanol–water partition coefficient (Wildman–Crippen LogP) is 1.99. The van der Waals surface area contributed by atoms with E-state index in [1.807, 2.05) is 19.1 Å². The summed E-state index contributed by atoms with van der Waals surface area (Å²) in [4.78, 5) is 4.27. The molecule has 0 fully saturated rings. The monoisotopic (exact) mass is 218 g/mol. The molecule has 0 aliphatic rings. The number of oxazole rings is 1. The highest BCUT2D eigenvalue weighted by molar-refractivity contribution is 5.28. The topological polar surface area (TPSA) is 72.3 Å². The van der Waals surface area contributed by atoms with Crippen molar-refractivity contribution < 1.29 is 9.52 Å². The van der Waals surface area contributed by atoms with E-state index in [0.717, 1.165) is 11.3 Å². The molecular formula is C12H14N2O2. The van der Waals surface area contributed by atoms with Gasteiger partial charge in [-0.05, 0) is 24.6 Å². The van der Waals surface area contributed by atoms with Crippen LogP contribution in [0.15, 0.2) is 34.9 Å². The van der Waals surface area contributed by atoms with Crippen molar-refractivity contribution in [2.24, 2.45) is 5.73 Å². The van der Waals surface area contributed by atoms with Crippen LogP contribution in [0.1, 0.15) is 30.1 Å². The van der Waals surface area contributed by atoms with Crippen molar-refractivity contribution in [1.82, 2.24) is 4.98 Å². The van der Waals surface area contributed by atoms with Gasteiger partial charge in [-0.1, -0.05) is 12.1 Å². The molecule has 0 saturated carbocycles. The van der Waals surface area contributed by atoms with Crippen LogP contribution in [0.3, 0.4) is 0 Å². The summed E-state index contributed by atoms with van der Waals surface area (Å²) in [6.45, 7) is 1.83. The van der Waals surface area contributed by atoms with E-state index < -0.39 is 0 Å². The number of hydrogen-bond donors (Lipinski definition) is 2. The highest BCUT2D eigenvalue weighted by Crippen LogP contribution is 2.15. The van der Waals surface area contributed by atoms with E-state index >= 15 is 0 Å². The molecule has 1 unspecified atom stereocenters. The Morgan fingerprint density at radius 2 is 2.06 bits per heavy atom. The van der Waals surface area contributed by atoms with Crippen LogP contribution < -0.4 is 5.73 Å². The van der Waals surface area contributed by atoms with Crippen LogP contribution in [0, 0.1) is 0 Å². The average Bonchev–Trinajstić information content (AvgIpc) is 2.70. The van der Waals surface area contributed by atoms with Gasteiger partial charge in [-0.15, -0.1) is 0 Å². The van der Waals surface area contributed by atoms with Crippen LogP contribution in [0.2, 0.25) is 0 Å². The first-order valence-corrected chi connectivity index (χ1v) is 5.13. The van der Waals surface area contributed by atoms with Gasteiger partial charge in [-0.25, -0.2) is 4.98 Å². The Labute approximate surface area is 93.7 Å². The molecule has 1 aromatic heterocycles. The van der Waals surface area contributed by atoms with E-state index in [1.54, 1.807) is 18.4 Å². The van der Waals surface area contributed by atoms with Gasteiger partial charge in [0.15, 0.2) is 0 Å². The van der Waals surface area contributed by atoms with Gasteiger partial charge < -0.3 is 15.3 Å². The third-order valence-electron chi connectivity index (χ3n) is 2.28. The van der Waals surface area contributed by atoms with E-state index in [-0.39, 0.29) is 11.8 Å². The highest BCUT2D eigenvalue weighted by Gasteiger charge is 2.08. The van der Waals surface area contributed by atoms with Gasteiger partial charge in [0, 0.05) is 6.42 Å². The highest BCUT2D eigenvalue weighted by atomic mass is 16.3. The standard InChI is InChI=1S/C12H14N2O2/c1-8(13)12-14-10(7-16-12)6-9-2-4-11(15)5-3-9/h2-5,7-8,15H,6,13H2,1H3. The molecule has 1 heterocycles. The fourth-order valence-electron chi connectivity index (χ4n) is 1.44. The molecule has 2 aromatic rings. The summed E-state index contributed by atoms with van der Waals surface area (Å²) in [6, 6.07) is 6.84. The van der Waals surface area contributed by atoms with Crippen LogP contribution in [-0.4, -0.2) is 10.1 Å². The fourth-order valence-corrected chi connectivity index (χ4v) is 1.44. The van der Waals surface area contributed by atoms with Crippen molar-refractivity contribution >= 4 is 0 Å². The molecule has 0 amide bonds. The quantitative estimate of drug-likeness (QED) is 0.826. The van der Waals surface area contributed by atoms with Crippen LogP contribution >= 0.6 is 0 Å².